The molecular weight excluding hydrogens is 366 g/mol. The van der Waals surface area contributed by atoms with Crippen LogP contribution in [0.4, 0.5) is 0 Å². The Labute approximate surface area is 170 Å². The van der Waals surface area contributed by atoms with Crippen LogP contribution >= 0.6 is 0 Å². The van der Waals surface area contributed by atoms with Crippen LogP contribution in [0.25, 0.3) is 0 Å². The molecule has 2 aromatic heterocycles. The van der Waals surface area contributed by atoms with Crippen molar-refractivity contribution in [2.75, 3.05) is 13.1 Å². The van der Waals surface area contributed by atoms with Crippen molar-refractivity contribution < 1.29 is 9.32 Å². The van der Waals surface area contributed by atoms with Gasteiger partial charge < -0.3 is 14.8 Å². The number of rotatable bonds is 7. The fourth-order valence-corrected chi connectivity index (χ4v) is 3.82. The van der Waals surface area contributed by atoms with Gasteiger partial charge in [-0.15, -0.1) is 0 Å². The topological polar surface area (TPSA) is 87.1 Å². The molecule has 0 atom stereocenters. The molecule has 1 fully saturated rings. The molecule has 152 valence electrons. The third kappa shape index (κ3) is 5.32. The summed E-state index contributed by atoms with van der Waals surface area (Å²) in [6.45, 7) is 5.03. The number of imidazole rings is 1. The SMILES string of the molecule is Cc1cnc(CNC(=O)c2cc(CN3CCC(Cc4ccccc4)CC3)on2)[nH]1. The predicted molar refractivity (Wildman–Crippen MR) is 109 cm³/mol. The lowest BCUT2D eigenvalue weighted by atomic mass is 9.90. The first kappa shape index (κ1) is 19.4. The maximum Gasteiger partial charge on any atom is 0.273 e. The standard InChI is InChI=1S/C22H27N5O2/c1-16-13-23-21(25-16)14-24-22(28)20-12-19(29-26-20)15-27-9-7-18(8-10-27)11-17-5-3-2-4-6-17/h2-6,12-13,18H,7-11,14-15H2,1H3,(H,23,25)(H,24,28). The van der Waals surface area contributed by atoms with E-state index >= 15 is 0 Å². The highest BCUT2D eigenvalue weighted by Crippen LogP contribution is 2.23. The Kier molecular flexibility index (Phi) is 6.05. The molecule has 3 aromatic rings. The molecule has 3 heterocycles. The number of carbonyl (C=O) groups is 1. The number of hydrogen-bond donors (Lipinski definition) is 2. The highest BCUT2D eigenvalue weighted by Gasteiger charge is 2.21. The Morgan fingerprint density at radius 2 is 2.07 bits per heavy atom. The molecule has 0 radical (unpaired) electrons. The summed E-state index contributed by atoms with van der Waals surface area (Å²) in [5.41, 5.74) is 2.69. The van der Waals surface area contributed by atoms with E-state index in [0.717, 1.165) is 42.7 Å². The van der Waals surface area contributed by atoms with Crippen LogP contribution in [0.1, 0.15) is 46.2 Å². The number of H-pyrrole nitrogens is 1. The smallest absolute Gasteiger partial charge is 0.273 e. The molecule has 0 saturated carbocycles. The van der Waals surface area contributed by atoms with E-state index in [1.165, 1.54) is 18.4 Å². The summed E-state index contributed by atoms with van der Waals surface area (Å²) in [7, 11) is 0. The molecule has 1 amide bonds. The first-order chi connectivity index (χ1) is 14.2. The largest absolute Gasteiger partial charge is 0.359 e. The van der Waals surface area contributed by atoms with E-state index in [4.69, 9.17) is 4.52 Å². The molecule has 0 unspecified atom stereocenters. The van der Waals surface area contributed by atoms with Crippen molar-refractivity contribution in [2.24, 2.45) is 5.92 Å². The fourth-order valence-electron chi connectivity index (χ4n) is 3.82. The maximum absolute atomic E-state index is 12.3. The molecule has 7 heteroatoms. The van der Waals surface area contributed by atoms with Crippen LogP contribution in [-0.4, -0.2) is 39.0 Å². The van der Waals surface area contributed by atoms with Crippen molar-refractivity contribution in [3.8, 4) is 0 Å². The van der Waals surface area contributed by atoms with E-state index in [1.54, 1.807) is 12.3 Å². The molecule has 4 rings (SSSR count). The van der Waals surface area contributed by atoms with Gasteiger partial charge in [0.1, 0.15) is 5.82 Å². The molecule has 0 spiro atoms. The second kappa shape index (κ2) is 9.05. The number of aromatic amines is 1. The molecule has 0 aliphatic carbocycles. The molecule has 1 saturated heterocycles. The molecule has 7 nitrogen and oxygen atoms in total. The number of likely N-dealkylation sites (tertiary alicyclic amines) is 1. The number of benzene rings is 1. The molecule has 2 N–H and O–H groups in total. The van der Waals surface area contributed by atoms with Gasteiger partial charge in [0, 0.05) is 18.0 Å². The van der Waals surface area contributed by atoms with Gasteiger partial charge in [-0.05, 0) is 50.8 Å². The highest BCUT2D eigenvalue weighted by atomic mass is 16.5. The number of aromatic nitrogens is 3. The number of aryl methyl sites for hydroxylation is 1. The summed E-state index contributed by atoms with van der Waals surface area (Å²) >= 11 is 0. The van der Waals surface area contributed by atoms with Gasteiger partial charge in [0.15, 0.2) is 11.5 Å². The summed E-state index contributed by atoms with van der Waals surface area (Å²) < 4.78 is 5.39. The van der Waals surface area contributed by atoms with Gasteiger partial charge in [-0.3, -0.25) is 9.69 Å². The van der Waals surface area contributed by atoms with E-state index in [9.17, 15) is 4.79 Å². The van der Waals surface area contributed by atoms with Crippen LogP contribution in [0.2, 0.25) is 0 Å². The average molecular weight is 393 g/mol. The van der Waals surface area contributed by atoms with Gasteiger partial charge in [-0.1, -0.05) is 35.5 Å². The number of amides is 1. The number of nitrogens with one attached hydrogen (secondary N) is 2. The average Bonchev–Trinajstić information content (AvgIpc) is 3.37. The summed E-state index contributed by atoms with van der Waals surface area (Å²) in [5.74, 6) is 1.93. The molecule has 0 bridgehead atoms. The van der Waals surface area contributed by atoms with Gasteiger partial charge in [-0.25, -0.2) is 4.98 Å². The zero-order chi connectivity index (χ0) is 20.1. The van der Waals surface area contributed by atoms with Gasteiger partial charge in [-0.2, -0.15) is 0 Å². The molecule has 1 aliphatic rings. The van der Waals surface area contributed by atoms with Crippen molar-refractivity contribution in [3.05, 3.63) is 71.1 Å². The Morgan fingerprint density at radius 1 is 1.28 bits per heavy atom. The van der Waals surface area contributed by atoms with Gasteiger partial charge >= 0.3 is 0 Å². The Hall–Kier alpha value is -2.93. The van der Waals surface area contributed by atoms with Gasteiger partial charge in [0.25, 0.3) is 5.91 Å². The zero-order valence-electron chi connectivity index (χ0n) is 16.7. The highest BCUT2D eigenvalue weighted by molar-refractivity contribution is 5.92. The summed E-state index contributed by atoms with van der Waals surface area (Å²) in [6, 6.07) is 12.4. The van der Waals surface area contributed by atoms with Crippen LogP contribution in [-0.2, 0) is 19.5 Å². The number of piperidine rings is 1. The zero-order valence-corrected chi connectivity index (χ0v) is 16.7. The van der Waals surface area contributed by atoms with E-state index in [0.29, 0.717) is 18.8 Å². The van der Waals surface area contributed by atoms with E-state index in [2.05, 4.69) is 55.7 Å². The monoisotopic (exact) mass is 393 g/mol. The third-order valence-electron chi connectivity index (χ3n) is 5.42. The minimum atomic E-state index is -0.254. The van der Waals surface area contributed by atoms with Gasteiger partial charge in [0.05, 0.1) is 13.1 Å². The minimum absolute atomic E-state index is 0.254. The lowest BCUT2D eigenvalue weighted by Crippen LogP contribution is -2.33. The van der Waals surface area contributed by atoms with E-state index < -0.39 is 0 Å². The third-order valence-corrected chi connectivity index (χ3v) is 5.42. The molecular formula is C22H27N5O2. The van der Waals surface area contributed by atoms with Crippen LogP contribution in [0.3, 0.4) is 0 Å². The predicted octanol–water partition coefficient (Wildman–Crippen LogP) is 3.09. The Balaban J connectivity index is 1.22. The second-order valence-electron chi connectivity index (χ2n) is 7.78. The lowest BCUT2D eigenvalue weighted by molar-refractivity contribution is 0.0940. The first-order valence-electron chi connectivity index (χ1n) is 10.2. The summed E-state index contributed by atoms with van der Waals surface area (Å²) in [5, 5.41) is 6.73. The number of hydrogen-bond acceptors (Lipinski definition) is 5. The van der Waals surface area contributed by atoms with Crippen LogP contribution in [0.15, 0.2) is 47.1 Å². The summed E-state index contributed by atoms with van der Waals surface area (Å²) in [4.78, 5) is 21.9. The lowest BCUT2D eigenvalue weighted by Gasteiger charge is -2.31. The normalized spacial score (nSPS) is 15.5. The van der Waals surface area contributed by atoms with Crippen LogP contribution in [0.5, 0.6) is 0 Å². The molecule has 1 aliphatic heterocycles. The number of nitrogens with zero attached hydrogens (tertiary/aromatic N) is 3. The molecule has 1 aromatic carbocycles. The number of carbonyl (C=O) groups excluding carboxylic acids is 1. The van der Waals surface area contributed by atoms with E-state index in [1.807, 2.05) is 6.92 Å². The maximum atomic E-state index is 12.3. The Morgan fingerprint density at radius 3 is 2.79 bits per heavy atom. The van der Waals surface area contributed by atoms with Crippen molar-refractivity contribution in [1.82, 2.24) is 25.3 Å². The van der Waals surface area contributed by atoms with Crippen LogP contribution < -0.4 is 5.32 Å². The van der Waals surface area contributed by atoms with Crippen LogP contribution in [0, 0.1) is 12.8 Å². The van der Waals surface area contributed by atoms with Crippen molar-refractivity contribution in [3.63, 3.8) is 0 Å². The summed E-state index contributed by atoms with van der Waals surface area (Å²) in [6.07, 6.45) is 5.24. The van der Waals surface area contributed by atoms with Crippen molar-refractivity contribution in [1.29, 1.82) is 0 Å². The van der Waals surface area contributed by atoms with E-state index in [-0.39, 0.29) is 5.91 Å². The Bertz CT molecular complexity index is 926. The van der Waals surface area contributed by atoms with Crippen molar-refractivity contribution >= 4 is 5.91 Å². The minimum Gasteiger partial charge on any atom is -0.359 e. The van der Waals surface area contributed by atoms with Gasteiger partial charge in [0.2, 0.25) is 0 Å². The first-order valence-corrected chi connectivity index (χ1v) is 10.2. The quantitative estimate of drug-likeness (QED) is 0.644. The second-order valence-corrected chi connectivity index (χ2v) is 7.78. The fraction of sp³-hybridized carbons (Fsp3) is 0.409. The molecule has 29 heavy (non-hydrogen) atoms. The van der Waals surface area contributed by atoms with Crippen molar-refractivity contribution in [2.45, 2.75) is 39.3 Å².